The second-order valence-corrected chi connectivity index (χ2v) is 2.90. The van der Waals surface area contributed by atoms with Crippen LogP contribution in [-0.2, 0) is 11.2 Å². The molecular formula is C11H14O3. The van der Waals surface area contributed by atoms with E-state index < -0.39 is 0 Å². The predicted octanol–water partition coefficient (Wildman–Crippen LogP) is 2.18. The summed E-state index contributed by atoms with van der Waals surface area (Å²) in [6, 6.07) is 5.52. The van der Waals surface area contributed by atoms with Crippen LogP contribution in [0.4, 0.5) is 0 Å². The van der Waals surface area contributed by atoms with Gasteiger partial charge in [-0.1, -0.05) is 19.1 Å². The van der Waals surface area contributed by atoms with Gasteiger partial charge in [0.05, 0.1) is 7.11 Å². The first-order valence-electron chi connectivity index (χ1n) is 4.53. The predicted molar refractivity (Wildman–Crippen MR) is 53.7 cm³/mol. The van der Waals surface area contributed by atoms with Gasteiger partial charge < -0.3 is 9.47 Å². The van der Waals surface area contributed by atoms with Crippen molar-refractivity contribution in [3.8, 4) is 11.5 Å². The van der Waals surface area contributed by atoms with Gasteiger partial charge in [0, 0.05) is 6.92 Å². The Morgan fingerprint density at radius 2 is 2.14 bits per heavy atom. The molecule has 3 heteroatoms. The molecule has 0 aromatic heterocycles. The van der Waals surface area contributed by atoms with E-state index in [1.54, 1.807) is 13.2 Å². The summed E-state index contributed by atoms with van der Waals surface area (Å²) in [7, 11) is 1.57. The number of rotatable bonds is 3. The zero-order valence-corrected chi connectivity index (χ0v) is 8.66. The van der Waals surface area contributed by atoms with Gasteiger partial charge in [-0.05, 0) is 18.1 Å². The summed E-state index contributed by atoms with van der Waals surface area (Å²) in [5.74, 6) is 0.793. The molecule has 14 heavy (non-hydrogen) atoms. The van der Waals surface area contributed by atoms with E-state index in [1.807, 2.05) is 19.1 Å². The number of hydrogen-bond acceptors (Lipinski definition) is 3. The Balaban J connectivity index is 3.08. The molecule has 76 valence electrons. The highest BCUT2D eigenvalue weighted by molar-refractivity contribution is 5.70. The van der Waals surface area contributed by atoms with Crippen LogP contribution in [0.2, 0.25) is 0 Å². The van der Waals surface area contributed by atoms with E-state index in [0.29, 0.717) is 11.5 Å². The number of aryl methyl sites for hydroxylation is 1. The minimum Gasteiger partial charge on any atom is -0.493 e. The normalized spacial score (nSPS) is 9.64. The molecule has 0 fully saturated rings. The highest BCUT2D eigenvalue weighted by Crippen LogP contribution is 2.31. The van der Waals surface area contributed by atoms with Crippen molar-refractivity contribution in [2.24, 2.45) is 0 Å². The lowest BCUT2D eigenvalue weighted by molar-refractivity contribution is -0.132. The Hall–Kier alpha value is -1.51. The second kappa shape index (κ2) is 4.65. The Bertz CT molecular complexity index is 331. The number of benzene rings is 1. The fourth-order valence-corrected chi connectivity index (χ4v) is 1.31. The van der Waals surface area contributed by atoms with E-state index in [-0.39, 0.29) is 5.97 Å². The van der Waals surface area contributed by atoms with Crippen molar-refractivity contribution < 1.29 is 14.3 Å². The molecule has 0 amide bonds. The van der Waals surface area contributed by atoms with Crippen LogP contribution in [0.5, 0.6) is 11.5 Å². The first-order valence-corrected chi connectivity index (χ1v) is 4.53. The maximum absolute atomic E-state index is 10.8. The number of esters is 1. The zero-order valence-electron chi connectivity index (χ0n) is 8.66. The SMILES string of the molecule is CCc1cccc(OC(C)=O)c1OC. The first kappa shape index (κ1) is 10.6. The molecule has 0 atom stereocenters. The first-order chi connectivity index (χ1) is 6.69. The molecule has 0 aliphatic rings. The van der Waals surface area contributed by atoms with Crippen molar-refractivity contribution in [1.82, 2.24) is 0 Å². The van der Waals surface area contributed by atoms with Crippen LogP contribution in [0.25, 0.3) is 0 Å². The number of para-hydroxylation sites is 1. The molecular weight excluding hydrogens is 180 g/mol. The summed E-state index contributed by atoms with van der Waals surface area (Å²) in [6.45, 7) is 3.40. The van der Waals surface area contributed by atoms with Crippen LogP contribution in [0.15, 0.2) is 18.2 Å². The monoisotopic (exact) mass is 194 g/mol. The lowest BCUT2D eigenvalue weighted by Gasteiger charge is -2.11. The van der Waals surface area contributed by atoms with Gasteiger partial charge in [0.1, 0.15) is 0 Å². The van der Waals surface area contributed by atoms with Gasteiger partial charge in [-0.3, -0.25) is 4.79 Å². The van der Waals surface area contributed by atoms with Gasteiger partial charge in [0.15, 0.2) is 11.5 Å². The van der Waals surface area contributed by atoms with Gasteiger partial charge in [0.25, 0.3) is 0 Å². The lowest BCUT2D eigenvalue weighted by Crippen LogP contribution is -2.04. The van der Waals surface area contributed by atoms with E-state index in [4.69, 9.17) is 9.47 Å². The maximum atomic E-state index is 10.8. The summed E-state index contributed by atoms with van der Waals surface area (Å²) in [6.07, 6.45) is 0.846. The van der Waals surface area contributed by atoms with Gasteiger partial charge >= 0.3 is 5.97 Å². The largest absolute Gasteiger partial charge is 0.493 e. The van der Waals surface area contributed by atoms with Gasteiger partial charge in [0.2, 0.25) is 0 Å². The molecule has 0 saturated heterocycles. The fourth-order valence-electron chi connectivity index (χ4n) is 1.31. The molecule has 1 aromatic carbocycles. The standard InChI is InChI=1S/C11H14O3/c1-4-9-6-5-7-10(11(9)13-3)14-8(2)12/h5-7H,4H2,1-3H3. The van der Waals surface area contributed by atoms with E-state index in [1.165, 1.54) is 6.92 Å². The van der Waals surface area contributed by atoms with E-state index in [0.717, 1.165) is 12.0 Å². The number of carbonyl (C=O) groups excluding carboxylic acids is 1. The Morgan fingerprint density at radius 1 is 1.43 bits per heavy atom. The van der Waals surface area contributed by atoms with Crippen molar-refractivity contribution in [1.29, 1.82) is 0 Å². The number of methoxy groups -OCH3 is 1. The van der Waals surface area contributed by atoms with Crippen LogP contribution in [0.1, 0.15) is 19.4 Å². The third-order valence-electron chi connectivity index (χ3n) is 1.90. The van der Waals surface area contributed by atoms with Gasteiger partial charge in [-0.15, -0.1) is 0 Å². The summed E-state index contributed by atoms with van der Waals surface area (Å²) < 4.78 is 10.2. The quantitative estimate of drug-likeness (QED) is 0.546. The highest BCUT2D eigenvalue weighted by Gasteiger charge is 2.09. The Labute approximate surface area is 83.6 Å². The summed E-state index contributed by atoms with van der Waals surface area (Å²) in [5, 5.41) is 0. The summed E-state index contributed by atoms with van der Waals surface area (Å²) >= 11 is 0. The molecule has 0 N–H and O–H groups in total. The lowest BCUT2D eigenvalue weighted by atomic mass is 10.1. The fraction of sp³-hybridized carbons (Fsp3) is 0.364. The molecule has 0 bridgehead atoms. The average Bonchev–Trinajstić information content (AvgIpc) is 2.16. The van der Waals surface area contributed by atoms with E-state index >= 15 is 0 Å². The molecule has 0 aliphatic carbocycles. The van der Waals surface area contributed by atoms with Gasteiger partial charge in [-0.2, -0.15) is 0 Å². The van der Waals surface area contributed by atoms with Gasteiger partial charge in [-0.25, -0.2) is 0 Å². The topological polar surface area (TPSA) is 35.5 Å². The smallest absolute Gasteiger partial charge is 0.308 e. The summed E-state index contributed by atoms with van der Waals surface area (Å²) in [5.41, 5.74) is 1.03. The molecule has 1 rings (SSSR count). The molecule has 0 aliphatic heterocycles. The number of carbonyl (C=O) groups is 1. The third kappa shape index (κ3) is 2.25. The molecule has 0 saturated carbocycles. The number of ether oxygens (including phenoxy) is 2. The molecule has 1 aromatic rings. The Kier molecular flexibility index (Phi) is 3.51. The molecule has 0 spiro atoms. The van der Waals surface area contributed by atoms with E-state index in [2.05, 4.69) is 0 Å². The van der Waals surface area contributed by atoms with Crippen molar-refractivity contribution in [3.63, 3.8) is 0 Å². The molecule has 3 nitrogen and oxygen atoms in total. The molecule has 0 heterocycles. The minimum absolute atomic E-state index is 0.337. The van der Waals surface area contributed by atoms with E-state index in [9.17, 15) is 4.79 Å². The van der Waals surface area contributed by atoms with Crippen LogP contribution in [-0.4, -0.2) is 13.1 Å². The highest BCUT2D eigenvalue weighted by atomic mass is 16.6. The zero-order chi connectivity index (χ0) is 10.6. The van der Waals surface area contributed by atoms with Crippen molar-refractivity contribution >= 4 is 5.97 Å². The van der Waals surface area contributed by atoms with Crippen LogP contribution < -0.4 is 9.47 Å². The average molecular weight is 194 g/mol. The maximum Gasteiger partial charge on any atom is 0.308 e. The van der Waals surface area contributed by atoms with Crippen molar-refractivity contribution in [2.45, 2.75) is 20.3 Å². The second-order valence-electron chi connectivity index (χ2n) is 2.90. The molecule has 0 radical (unpaired) electrons. The van der Waals surface area contributed by atoms with Crippen LogP contribution >= 0.6 is 0 Å². The molecule has 0 unspecified atom stereocenters. The number of hydrogen-bond donors (Lipinski definition) is 0. The van der Waals surface area contributed by atoms with Crippen LogP contribution in [0, 0.1) is 0 Å². The Morgan fingerprint density at radius 3 is 2.64 bits per heavy atom. The minimum atomic E-state index is -0.337. The van der Waals surface area contributed by atoms with Crippen molar-refractivity contribution in [3.05, 3.63) is 23.8 Å². The third-order valence-corrected chi connectivity index (χ3v) is 1.90. The van der Waals surface area contributed by atoms with Crippen LogP contribution in [0.3, 0.4) is 0 Å². The summed E-state index contributed by atoms with van der Waals surface area (Å²) in [4.78, 5) is 10.8. The van der Waals surface area contributed by atoms with Crippen molar-refractivity contribution in [2.75, 3.05) is 7.11 Å².